The number of carboxylic acids is 1. The summed E-state index contributed by atoms with van der Waals surface area (Å²) in [5.41, 5.74) is 2.92. The van der Waals surface area contributed by atoms with Gasteiger partial charge in [-0.25, -0.2) is 9.64 Å². The van der Waals surface area contributed by atoms with Crippen LogP contribution in [0.2, 0.25) is 0 Å². The Hall–Kier alpha value is -2.03. The second kappa shape index (κ2) is 5.89. The van der Waals surface area contributed by atoms with E-state index in [1.54, 1.807) is 0 Å². The zero-order valence-corrected chi connectivity index (χ0v) is 9.17. The molecular weight excluding hydrogens is 235 g/mol. The molecule has 0 heterocycles. The number of para-hydroxylation sites is 1. The van der Waals surface area contributed by atoms with Gasteiger partial charge in [-0.15, -0.1) is 0 Å². The van der Waals surface area contributed by atoms with Crippen LogP contribution in [0.4, 0.5) is 18.9 Å². The van der Waals surface area contributed by atoms with Crippen molar-refractivity contribution in [2.75, 3.05) is 0 Å². The van der Waals surface area contributed by atoms with Gasteiger partial charge in [0.05, 0.1) is 6.57 Å². The Bertz CT molecular complexity index is 427. The second-order valence-corrected chi connectivity index (χ2v) is 3.16. The molecule has 0 amide bonds. The molecule has 0 spiro atoms. The van der Waals surface area contributed by atoms with Crippen LogP contribution in [-0.2, 0) is 4.79 Å². The first-order chi connectivity index (χ1) is 7.70. The van der Waals surface area contributed by atoms with E-state index in [2.05, 4.69) is 4.85 Å². The molecule has 0 aliphatic carbocycles. The van der Waals surface area contributed by atoms with Crippen molar-refractivity contribution < 1.29 is 23.1 Å². The highest BCUT2D eigenvalue weighted by Crippen LogP contribution is 2.22. The van der Waals surface area contributed by atoms with Crippen LogP contribution < -0.4 is 0 Å². The minimum Gasteiger partial charge on any atom is -0.475 e. The SMILES string of the molecule is O=C(O)C(F)(F)F.[C-]#[N+]c1c(C)cccc1C. The fraction of sp³-hybridized carbons (Fsp3) is 0.273. The molecule has 0 atom stereocenters. The van der Waals surface area contributed by atoms with Gasteiger partial charge < -0.3 is 5.11 Å². The average molecular weight is 245 g/mol. The maximum Gasteiger partial charge on any atom is 0.490 e. The highest BCUT2D eigenvalue weighted by molar-refractivity contribution is 5.73. The summed E-state index contributed by atoms with van der Waals surface area (Å²) in [6, 6.07) is 5.89. The third-order valence-electron chi connectivity index (χ3n) is 1.79. The van der Waals surface area contributed by atoms with Crippen molar-refractivity contribution >= 4 is 11.7 Å². The lowest BCUT2D eigenvalue weighted by molar-refractivity contribution is -0.192. The van der Waals surface area contributed by atoms with Gasteiger partial charge in [-0.05, 0) is 25.0 Å². The van der Waals surface area contributed by atoms with Crippen LogP contribution in [0.15, 0.2) is 18.2 Å². The summed E-state index contributed by atoms with van der Waals surface area (Å²) in [5.74, 6) is -2.76. The molecule has 0 saturated heterocycles. The maximum atomic E-state index is 10.6. The molecule has 1 rings (SSSR count). The molecule has 0 aliphatic heterocycles. The van der Waals surface area contributed by atoms with E-state index in [4.69, 9.17) is 16.5 Å². The molecule has 1 aromatic carbocycles. The number of benzene rings is 1. The first-order valence-corrected chi connectivity index (χ1v) is 4.44. The van der Waals surface area contributed by atoms with E-state index >= 15 is 0 Å². The van der Waals surface area contributed by atoms with Gasteiger partial charge in [-0.3, -0.25) is 0 Å². The van der Waals surface area contributed by atoms with Crippen molar-refractivity contribution in [3.8, 4) is 0 Å². The first kappa shape index (κ1) is 15.0. The zero-order chi connectivity index (χ0) is 13.6. The molecule has 0 fully saturated rings. The maximum absolute atomic E-state index is 10.6. The van der Waals surface area contributed by atoms with Gasteiger partial charge in [-0.2, -0.15) is 13.2 Å². The largest absolute Gasteiger partial charge is 0.490 e. The van der Waals surface area contributed by atoms with Crippen LogP contribution >= 0.6 is 0 Å². The minimum absolute atomic E-state index is 0.794. The van der Waals surface area contributed by atoms with Gasteiger partial charge in [-0.1, -0.05) is 18.2 Å². The molecule has 0 aromatic heterocycles. The highest BCUT2D eigenvalue weighted by Gasteiger charge is 2.38. The molecular formula is C11H10F3NO2. The molecule has 1 N–H and O–H groups in total. The van der Waals surface area contributed by atoms with Crippen molar-refractivity contribution in [3.05, 3.63) is 40.7 Å². The van der Waals surface area contributed by atoms with Crippen LogP contribution in [0.25, 0.3) is 4.85 Å². The van der Waals surface area contributed by atoms with Gasteiger partial charge in [0.2, 0.25) is 0 Å². The molecule has 0 unspecified atom stereocenters. The smallest absolute Gasteiger partial charge is 0.475 e. The lowest BCUT2D eigenvalue weighted by atomic mass is 10.1. The van der Waals surface area contributed by atoms with Gasteiger partial charge >= 0.3 is 12.1 Å². The van der Waals surface area contributed by atoms with Crippen LogP contribution in [0, 0.1) is 20.4 Å². The number of alkyl halides is 3. The molecule has 3 nitrogen and oxygen atoms in total. The second-order valence-electron chi connectivity index (χ2n) is 3.16. The summed E-state index contributed by atoms with van der Waals surface area (Å²) in [7, 11) is 0. The lowest BCUT2D eigenvalue weighted by Gasteiger charge is -1.98. The topological polar surface area (TPSA) is 41.7 Å². The van der Waals surface area contributed by atoms with Crippen molar-refractivity contribution in [1.82, 2.24) is 0 Å². The lowest BCUT2D eigenvalue weighted by Crippen LogP contribution is -2.21. The third kappa shape index (κ3) is 5.02. The Morgan fingerprint density at radius 3 is 1.82 bits per heavy atom. The fourth-order valence-corrected chi connectivity index (χ4v) is 0.982. The van der Waals surface area contributed by atoms with E-state index in [-0.39, 0.29) is 0 Å². The first-order valence-electron chi connectivity index (χ1n) is 4.44. The number of hydrogen-bond donors (Lipinski definition) is 1. The van der Waals surface area contributed by atoms with Crippen molar-refractivity contribution in [2.45, 2.75) is 20.0 Å². The number of rotatable bonds is 0. The Morgan fingerprint density at radius 2 is 1.65 bits per heavy atom. The number of carbonyl (C=O) groups is 1. The summed E-state index contributed by atoms with van der Waals surface area (Å²) >= 11 is 0. The van der Waals surface area contributed by atoms with Gasteiger partial charge in [0.1, 0.15) is 0 Å². The molecule has 92 valence electrons. The van der Waals surface area contributed by atoms with E-state index in [1.807, 2.05) is 32.0 Å². The Morgan fingerprint density at radius 1 is 1.29 bits per heavy atom. The van der Waals surface area contributed by atoms with Gasteiger partial charge in [0, 0.05) is 0 Å². The number of aliphatic carboxylic acids is 1. The van der Waals surface area contributed by atoms with E-state index < -0.39 is 12.1 Å². The minimum atomic E-state index is -5.08. The summed E-state index contributed by atoms with van der Waals surface area (Å²) in [6.45, 7) is 10.8. The van der Waals surface area contributed by atoms with Crippen LogP contribution in [0.3, 0.4) is 0 Å². The highest BCUT2D eigenvalue weighted by atomic mass is 19.4. The van der Waals surface area contributed by atoms with Gasteiger partial charge in [0.25, 0.3) is 0 Å². The Labute approximate surface area is 96.3 Å². The Balaban J connectivity index is 0.000000325. The van der Waals surface area contributed by atoms with Crippen LogP contribution in [-0.4, -0.2) is 17.3 Å². The molecule has 1 aromatic rings. The Kier molecular flexibility index (Phi) is 5.19. The molecule has 0 aliphatic rings. The normalized spacial score (nSPS) is 9.88. The van der Waals surface area contributed by atoms with E-state index in [0.717, 1.165) is 16.8 Å². The van der Waals surface area contributed by atoms with Crippen LogP contribution in [0.5, 0.6) is 0 Å². The predicted molar refractivity (Wildman–Crippen MR) is 55.9 cm³/mol. The monoisotopic (exact) mass is 245 g/mol. The molecule has 0 bridgehead atoms. The van der Waals surface area contributed by atoms with E-state index in [1.165, 1.54) is 0 Å². The van der Waals surface area contributed by atoms with E-state index in [9.17, 15) is 13.2 Å². The standard InChI is InChI=1S/C9H9N.C2HF3O2/c1-7-5-4-6-8(2)9(7)10-3;3-2(4,5)1(6)7/h4-6H,1-2H3;(H,6,7). The summed E-state index contributed by atoms with van der Waals surface area (Å²) < 4.78 is 31.7. The number of aryl methyl sites for hydroxylation is 2. The quantitative estimate of drug-likeness (QED) is 0.711. The molecule has 0 saturated carbocycles. The third-order valence-corrected chi connectivity index (χ3v) is 1.79. The van der Waals surface area contributed by atoms with E-state index in [0.29, 0.717) is 0 Å². The number of carboxylic acid groups (broad SMARTS) is 1. The number of nitrogens with zero attached hydrogens (tertiary/aromatic N) is 1. The van der Waals surface area contributed by atoms with Crippen molar-refractivity contribution in [3.63, 3.8) is 0 Å². The molecule has 17 heavy (non-hydrogen) atoms. The average Bonchev–Trinajstić information content (AvgIpc) is 2.17. The number of halogens is 3. The summed E-state index contributed by atoms with van der Waals surface area (Å²) in [5, 5.41) is 7.12. The fourth-order valence-electron chi connectivity index (χ4n) is 0.982. The zero-order valence-electron chi connectivity index (χ0n) is 9.17. The van der Waals surface area contributed by atoms with Crippen molar-refractivity contribution in [2.24, 2.45) is 0 Å². The van der Waals surface area contributed by atoms with Gasteiger partial charge in [0.15, 0.2) is 5.69 Å². The van der Waals surface area contributed by atoms with Crippen molar-refractivity contribution in [1.29, 1.82) is 0 Å². The summed E-state index contributed by atoms with van der Waals surface area (Å²) in [4.78, 5) is 12.3. The number of hydrogen-bond acceptors (Lipinski definition) is 1. The van der Waals surface area contributed by atoms with Crippen LogP contribution in [0.1, 0.15) is 11.1 Å². The molecule has 0 radical (unpaired) electrons. The predicted octanol–water partition coefficient (Wildman–Crippen LogP) is 3.49. The molecule has 6 heteroatoms. The summed E-state index contributed by atoms with van der Waals surface area (Å²) in [6.07, 6.45) is -5.08.